The minimum absolute atomic E-state index is 0.114. The van der Waals surface area contributed by atoms with E-state index in [-0.39, 0.29) is 34.9 Å². The van der Waals surface area contributed by atoms with E-state index in [0.29, 0.717) is 25.1 Å². The van der Waals surface area contributed by atoms with Gasteiger partial charge in [0.2, 0.25) is 11.6 Å². The van der Waals surface area contributed by atoms with Crippen LogP contribution in [-0.4, -0.2) is 99.4 Å². The van der Waals surface area contributed by atoms with E-state index in [9.17, 15) is 24.3 Å². The van der Waals surface area contributed by atoms with Crippen molar-refractivity contribution in [2.24, 2.45) is 17.6 Å². The number of methoxy groups -OCH3 is 2. The smallest absolute Gasteiger partial charge is 0.405 e. The molecular formula is C32H48N4O8. The highest BCUT2D eigenvalue weighted by Gasteiger charge is 2.33. The van der Waals surface area contributed by atoms with Crippen LogP contribution in [0.15, 0.2) is 58.5 Å². The molecule has 6 atom stereocenters. The number of carbonyl (C=O) groups excluding carboxylic acids is 4. The number of likely N-dealkylation sites (N-methyl/N-ethyl adjacent to an activating group) is 1. The molecule has 1 aliphatic carbocycles. The van der Waals surface area contributed by atoms with Crippen LogP contribution in [0.4, 0.5) is 4.79 Å². The van der Waals surface area contributed by atoms with Gasteiger partial charge in [-0.2, -0.15) is 0 Å². The maximum atomic E-state index is 13.7. The summed E-state index contributed by atoms with van der Waals surface area (Å²) in [6, 6.07) is 0. The topological polar surface area (TPSA) is 170 Å². The highest BCUT2D eigenvalue weighted by molar-refractivity contribution is 6.23. The van der Waals surface area contributed by atoms with E-state index in [1.807, 2.05) is 32.8 Å². The molecule has 244 valence electrons. The van der Waals surface area contributed by atoms with Crippen molar-refractivity contribution >= 4 is 23.6 Å². The highest BCUT2D eigenvalue weighted by Crippen LogP contribution is 2.28. The Morgan fingerprint density at radius 3 is 2.43 bits per heavy atom. The van der Waals surface area contributed by atoms with Crippen LogP contribution < -0.4 is 16.4 Å². The number of hydrogen-bond acceptors (Lipinski definition) is 10. The van der Waals surface area contributed by atoms with Crippen LogP contribution in [0.25, 0.3) is 0 Å². The zero-order valence-electron chi connectivity index (χ0n) is 27.0. The quantitative estimate of drug-likeness (QED) is 0.245. The molecule has 12 heteroatoms. The minimum atomic E-state index is -0.997. The average molecular weight is 617 g/mol. The Bertz CT molecular complexity index is 1230. The Morgan fingerprint density at radius 1 is 1.16 bits per heavy atom. The van der Waals surface area contributed by atoms with Gasteiger partial charge in [0.25, 0.3) is 5.91 Å². The van der Waals surface area contributed by atoms with Crippen LogP contribution in [0.2, 0.25) is 0 Å². The molecule has 5 N–H and O–H groups in total. The monoisotopic (exact) mass is 616 g/mol. The number of rotatable bonds is 7. The summed E-state index contributed by atoms with van der Waals surface area (Å²) >= 11 is 0. The molecule has 2 aliphatic rings. The summed E-state index contributed by atoms with van der Waals surface area (Å²) in [4.78, 5) is 53.7. The highest BCUT2D eigenvalue weighted by atomic mass is 16.6. The Kier molecular flexibility index (Phi) is 14.2. The van der Waals surface area contributed by atoms with Gasteiger partial charge >= 0.3 is 6.09 Å². The summed E-state index contributed by atoms with van der Waals surface area (Å²) in [5, 5.41) is 17.0. The van der Waals surface area contributed by atoms with Gasteiger partial charge in [-0.25, -0.2) is 4.79 Å². The average Bonchev–Trinajstić information content (AvgIpc) is 2.95. The third-order valence-electron chi connectivity index (χ3n) is 7.65. The largest absolute Gasteiger partial charge is 0.439 e. The molecule has 12 nitrogen and oxygen atoms in total. The number of fused-ring (bicyclic) bond motifs is 2. The van der Waals surface area contributed by atoms with E-state index in [2.05, 4.69) is 10.6 Å². The van der Waals surface area contributed by atoms with E-state index in [4.69, 9.17) is 19.9 Å². The van der Waals surface area contributed by atoms with E-state index >= 15 is 0 Å². The number of nitrogens with two attached hydrogens (primary N) is 1. The van der Waals surface area contributed by atoms with Crippen molar-refractivity contribution < 1.29 is 38.5 Å². The zero-order valence-corrected chi connectivity index (χ0v) is 27.0. The van der Waals surface area contributed by atoms with Gasteiger partial charge in [-0.3, -0.25) is 14.4 Å². The van der Waals surface area contributed by atoms with Crippen LogP contribution in [0, 0.1) is 11.8 Å². The molecule has 1 unspecified atom stereocenters. The molecule has 0 saturated heterocycles. The first-order valence-electron chi connectivity index (χ1n) is 14.7. The first-order valence-corrected chi connectivity index (χ1v) is 14.7. The number of ketones is 2. The fourth-order valence-electron chi connectivity index (χ4n) is 5.18. The lowest BCUT2D eigenvalue weighted by Crippen LogP contribution is -2.38. The van der Waals surface area contributed by atoms with E-state index in [1.165, 1.54) is 20.3 Å². The normalized spacial score (nSPS) is 30.2. The predicted molar refractivity (Wildman–Crippen MR) is 166 cm³/mol. The van der Waals surface area contributed by atoms with Gasteiger partial charge in [-0.05, 0) is 52.3 Å². The number of carbonyl (C=O) groups is 4. The lowest BCUT2D eigenvalue weighted by Gasteiger charge is -2.30. The molecule has 0 aromatic carbocycles. The molecule has 44 heavy (non-hydrogen) atoms. The molecule has 0 saturated carbocycles. The van der Waals surface area contributed by atoms with E-state index in [1.54, 1.807) is 32.1 Å². The van der Waals surface area contributed by atoms with E-state index < -0.39 is 53.9 Å². The lowest BCUT2D eigenvalue weighted by atomic mass is 9.85. The summed E-state index contributed by atoms with van der Waals surface area (Å²) < 4.78 is 16.6. The van der Waals surface area contributed by atoms with Gasteiger partial charge in [-0.15, -0.1) is 0 Å². The summed E-state index contributed by atoms with van der Waals surface area (Å²) in [5.41, 5.74) is 6.55. The SMILES string of the molecule is COC1C=C/C=C(\C)C(=O)NC2=CC(=O)C(NCCN(C)C)=C(C[C@@H](C)C[C@H](OC)[C@H](O)[C@@H](C)/C=C(\C)[C@@H]1OC(N)=O)C2=O. The number of Topliss-reactive ketones (excluding diaryl/α,β-unsaturated/α-hetero) is 1. The van der Waals surface area contributed by atoms with Crippen molar-refractivity contribution in [1.82, 2.24) is 15.5 Å². The molecule has 2 amide bonds. The van der Waals surface area contributed by atoms with Crippen LogP contribution >= 0.6 is 0 Å². The van der Waals surface area contributed by atoms with Crippen molar-refractivity contribution in [3.05, 3.63) is 58.5 Å². The van der Waals surface area contributed by atoms with Gasteiger partial charge in [0.15, 0.2) is 6.10 Å². The maximum absolute atomic E-state index is 13.7. The lowest BCUT2D eigenvalue weighted by molar-refractivity contribution is -0.120. The van der Waals surface area contributed by atoms with Crippen molar-refractivity contribution in [3.63, 3.8) is 0 Å². The van der Waals surface area contributed by atoms with Crippen molar-refractivity contribution in [2.75, 3.05) is 41.4 Å². The number of amides is 2. The fourth-order valence-corrected chi connectivity index (χ4v) is 5.18. The molecule has 0 radical (unpaired) electrons. The van der Waals surface area contributed by atoms with Gasteiger partial charge in [-0.1, -0.05) is 38.2 Å². The van der Waals surface area contributed by atoms with E-state index in [0.717, 1.165) is 6.08 Å². The second-order valence-corrected chi connectivity index (χ2v) is 11.7. The number of nitrogens with zero attached hydrogens (tertiary/aromatic N) is 1. The third kappa shape index (κ3) is 10.3. The van der Waals surface area contributed by atoms with Crippen LogP contribution in [0.1, 0.15) is 40.5 Å². The molecule has 2 rings (SSSR count). The molecule has 0 spiro atoms. The van der Waals surface area contributed by atoms with Gasteiger partial charge in [0.05, 0.1) is 23.6 Å². The summed E-state index contributed by atoms with van der Waals surface area (Å²) in [5.74, 6) is -2.06. The molecule has 0 fully saturated rings. The molecule has 2 bridgehead atoms. The summed E-state index contributed by atoms with van der Waals surface area (Å²) in [6.07, 6.45) is 3.88. The minimum Gasteiger partial charge on any atom is -0.439 e. The van der Waals surface area contributed by atoms with Crippen molar-refractivity contribution in [1.29, 1.82) is 0 Å². The number of ether oxygens (including phenoxy) is 3. The Hall–Kier alpha value is -3.58. The predicted octanol–water partition coefficient (Wildman–Crippen LogP) is 1.91. The molecule has 1 heterocycles. The fraction of sp³-hybridized carbons (Fsp3) is 0.562. The summed E-state index contributed by atoms with van der Waals surface area (Å²) in [7, 11) is 6.74. The molecular weight excluding hydrogens is 568 g/mol. The third-order valence-corrected chi connectivity index (χ3v) is 7.65. The first kappa shape index (κ1) is 36.6. The Labute approximate surface area is 260 Å². The van der Waals surface area contributed by atoms with Gasteiger partial charge < -0.3 is 40.6 Å². The molecule has 0 aromatic rings. The maximum Gasteiger partial charge on any atom is 0.405 e. The first-order chi connectivity index (χ1) is 20.7. The Balaban J connectivity index is 2.60. The zero-order chi connectivity index (χ0) is 33.1. The number of nitrogens with one attached hydrogen (secondary N) is 2. The van der Waals surface area contributed by atoms with Crippen molar-refractivity contribution in [3.8, 4) is 0 Å². The second kappa shape index (κ2) is 17.0. The van der Waals surface area contributed by atoms with Crippen LogP contribution in [-0.2, 0) is 28.6 Å². The Morgan fingerprint density at radius 2 is 1.84 bits per heavy atom. The van der Waals surface area contributed by atoms with Crippen LogP contribution in [0.5, 0.6) is 0 Å². The standard InChI is InChI=1S/C32H48N4O8/c1-18-14-22-27(34-12-13-36(5)6)24(37)17-23(29(22)39)35-31(40)19(2)10-9-11-25(42-7)30(44-32(33)41)21(4)16-20(3)28(38)26(15-18)43-8/h9-11,16-18,20,25-26,28,30,34,38H,12-15H2,1-8H3,(H2,33,41)(H,35,40)/b11-9?,19-10+,21-16+/t18-,20+,25?,26+,28-,30+/m1/s1. The summed E-state index contributed by atoms with van der Waals surface area (Å²) in [6.45, 7) is 8.09. The van der Waals surface area contributed by atoms with Gasteiger partial charge in [0, 0.05) is 50.4 Å². The van der Waals surface area contributed by atoms with Crippen LogP contribution in [0.3, 0.4) is 0 Å². The number of hydrogen-bond donors (Lipinski definition) is 4. The van der Waals surface area contributed by atoms with Crippen molar-refractivity contribution in [2.45, 2.75) is 65.0 Å². The number of aliphatic hydroxyl groups excluding tert-OH is 1. The second-order valence-electron chi connectivity index (χ2n) is 11.7. The number of allylic oxidation sites excluding steroid dienone is 4. The number of aliphatic hydroxyl groups is 1. The molecule has 0 aromatic heterocycles. The van der Waals surface area contributed by atoms with Gasteiger partial charge in [0.1, 0.15) is 6.10 Å². The molecule has 1 aliphatic heterocycles. The number of primary amides is 1.